The van der Waals surface area contributed by atoms with Crippen molar-refractivity contribution in [1.82, 2.24) is 0 Å². The molecule has 0 bridgehead atoms. The van der Waals surface area contributed by atoms with E-state index in [1.165, 1.54) is 0 Å². The van der Waals surface area contributed by atoms with E-state index in [2.05, 4.69) is 167 Å². The maximum absolute atomic E-state index is 12.9. The van der Waals surface area contributed by atoms with Gasteiger partial charge in [-0.25, -0.2) is 9.13 Å². The van der Waals surface area contributed by atoms with Crippen molar-refractivity contribution in [2.24, 2.45) is 0 Å². The molecule has 0 aromatic carbocycles. The lowest BCUT2D eigenvalue weighted by Gasteiger charge is -2.21. The summed E-state index contributed by atoms with van der Waals surface area (Å²) in [4.78, 5) is 58.2. The quantitative estimate of drug-likeness (QED) is 0.0146. The molecule has 5 atom stereocenters. The lowest BCUT2D eigenvalue weighted by Crippen LogP contribution is -2.30. The van der Waals surface area contributed by atoms with Crippen molar-refractivity contribution in [3.05, 3.63) is 146 Å². The smallest absolute Gasteiger partial charge is 0.463 e. The fraction of sp³-hybridized carbons (Fsp3) is 0.609. The topological polar surface area (TPSA) is 231 Å². The van der Waals surface area contributed by atoms with E-state index in [9.17, 15) is 43.5 Å². The Kier molecular flexibility index (Phi) is 58.4. The van der Waals surface area contributed by atoms with Gasteiger partial charge in [-0.1, -0.05) is 205 Å². The molecule has 0 fully saturated rings. The Morgan fingerprint density at radius 3 is 0.989 bits per heavy atom. The molecule has 87 heavy (non-hydrogen) atoms. The maximum atomic E-state index is 12.9. The van der Waals surface area contributed by atoms with Gasteiger partial charge in [0.2, 0.25) is 0 Å². The molecule has 0 rings (SSSR count). The van der Waals surface area contributed by atoms with Crippen molar-refractivity contribution >= 4 is 33.6 Å². The summed E-state index contributed by atoms with van der Waals surface area (Å²) in [6.07, 6.45) is 72.0. The average Bonchev–Trinajstić information content (AvgIpc) is 3.69. The van der Waals surface area contributed by atoms with Gasteiger partial charge >= 0.3 is 33.6 Å². The van der Waals surface area contributed by atoms with Crippen molar-refractivity contribution in [1.29, 1.82) is 0 Å². The molecule has 0 aliphatic rings. The second-order valence-electron chi connectivity index (χ2n) is 20.8. The van der Waals surface area contributed by atoms with Crippen LogP contribution in [0, 0.1) is 0 Å². The van der Waals surface area contributed by atoms with Crippen LogP contribution < -0.4 is 0 Å². The largest absolute Gasteiger partial charge is 0.472 e. The first-order valence-corrected chi connectivity index (χ1v) is 35.1. The first-order valence-electron chi connectivity index (χ1n) is 32.1. The third-order valence-electron chi connectivity index (χ3n) is 12.5. The van der Waals surface area contributed by atoms with Crippen LogP contribution in [0.4, 0.5) is 0 Å². The fourth-order valence-corrected chi connectivity index (χ4v) is 9.24. The van der Waals surface area contributed by atoms with Gasteiger partial charge in [-0.3, -0.25) is 32.5 Å². The summed E-state index contributed by atoms with van der Waals surface area (Å²) in [6.45, 7) is 2.23. The van der Waals surface area contributed by atoms with E-state index in [0.29, 0.717) is 19.3 Å². The SMILES string of the molecule is CC/C=C\C/C=C\C/C=C\C/C=C\C/C=C\C/C=C\CCCCC(=O)OCC(O)COP(=O)(O)OCC(O)COP(=O)(O)OCC(COC(=O)CCCCCC/C=C\C/C=C\C/C=C\C/C=C\CC)OC(=O)CCCCCCC/C=C\C/C=C\CCC. The molecule has 0 heterocycles. The molecule has 5 unspecified atom stereocenters. The van der Waals surface area contributed by atoms with Crippen molar-refractivity contribution < 1.29 is 75.8 Å². The monoisotopic (exact) mass is 1260 g/mol. The second-order valence-corrected chi connectivity index (χ2v) is 23.7. The number of phosphoric ester groups is 2. The van der Waals surface area contributed by atoms with Gasteiger partial charge in [0, 0.05) is 19.3 Å². The van der Waals surface area contributed by atoms with Crippen LogP contribution in [-0.4, -0.2) is 95.9 Å². The number of allylic oxidation sites excluding steroid dienone is 24. The first kappa shape index (κ1) is 82.4. The standard InChI is InChI=1S/C69H112O16P2/c1-4-7-10-13-16-19-22-25-27-29-30-31-32-34-36-38-40-43-46-49-52-55-67(72)79-58-64(70)59-81-86(75,76)82-60-65(71)61-83-87(77,78)84-63-66(85-69(74)57-54-51-48-45-42-37-24-21-18-15-12-9-6-3)62-80-68(73)56-53-50-47-44-41-39-35-33-28-26-23-20-17-14-11-8-5-2/h7-8,10-12,15-17,19-21,24-28,30-31,34-36,39-40,43,64-66,70-71H,4-6,9,13-14,18,22-23,29,32-33,37-38,41-42,44-63H2,1-3H3,(H,75,76)(H,77,78)/b10-7-,11-8-,15-12-,19-16-,20-17-,24-21-,27-25-,28-26-,31-30-,36-34-,39-35-,43-40-. The molecule has 16 nitrogen and oxygen atoms in total. The van der Waals surface area contributed by atoms with Gasteiger partial charge in [-0.15, -0.1) is 0 Å². The molecule has 0 aromatic rings. The molecule has 0 spiro atoms. The van der Waals surface area contributed by atoms with Gasteiger partial charge in [0.05, 0.1) is 26.4 Å². The highest BCUT2D eigenvalue weighted by Gasteiger charge is 2.29. The van der Waals surface area contributed by atoms with Gasteiger partial charge in [-0.2, -0.15) is 0 Å². The fourth-order valence-electron chi connectivity index (χ4n) is 7.66. The zero-order valence-corrected chi connectivity index (χ0v) is 54.9. The minimum absolute atomic E-state index is 0.0764. The summed E-state index contributed by atoms with van der Waals surface area (Å²) >= 11 is 0. The van der Waals surface area contributed by atoms with Crippen LogP contribution in [0.25, 0.3) is 0 Å². The first-order chi connectivity index (χ1) is 42.2. The minimum Gasteiger partial charge on any atom is -0.463 e. The van der Waals surface area contributed by atoms with Crippen molar-refractivity contribution in [2.45, 2.75) is 232 Å². The Morgan fingerprint density at radius 1 is 0.333 bits per heavy atom. The Balaban J connectivity index is 4.72. The van der Waals surface area contributed by atoms with Gasteiger partial charge in [0.15, 0.2) is 6.10 Å². The third kappa shape index (κ3) is 62.8. The highest BCUT2D eigenvalue weighted by molar-refractivity contribution is 7.47. The predicted molar refractivity (Wildman–Crippen MR) is 352 cm³/mol. The maximum Gasteiger partial charge on any atom is 0.472 e. The number of esters is 3. The summed E-state index contributed by atoms with van der Waals surface area (Å²) in [5.74, 6) is -1.68. The number of ether oxygens (including phenoxy) is 3. The molecule has 4 N–H and O–H groups in total. The minimum atomic E-state index is -4.94. The van der Waals surface area contributed by atoms with Crippen molar-refractivity contribution in [3.63, 3.8) is 0 Å². The number of hydrogen-bond donors (Lipinski definition) is 4. The molecule has 0 amide bonds. The zero-order chi connectivity index (χ0) is 63.8. The van der Waals surface area contributed by atoms with Crippen LogP contribution in [0.1, 0.15) is 213 Å². The summed E-state index contributed by atoms with van der Waals surface area (Å²) in [5.41, 5.74) is 0. The number of aliphatic hydroxyl groups is 2. The molecule has 0 saturated carbocycles. The normalized spacial score (nSPS) is 15.3. The Bertz CT molecular complexity index is 2170. The third-order valence-corrected chi connectivity index (χ3v) is 14.4. The average molecular weight is 1260 g/mol. The Labute approximate surface area is 524 Å². The molecule has 18 heteroatoms. The number of carbonyl (C=O) groups is 3. The van der Waals surface area contributed by atoms with Gasteiger partial charge in [-0.05, 0) is 135 Å². The molecule has 0 saturated heterocycles. The van der Waals surface area contributed by atoms with E-state index in [0.717, 1.165) is 154 Å². The molecule has 0 aliphatic heterocycles. The Hall–Kier alpha value is -4.57. The van der Waals surface area contributed by atoms with E-state index in [1.807, 2.05) is 0 Å². The van der Waals surface area contributed by atoms with Gasteiger partial charge in [0.25, 0.3) is 0 Å². The van der Waals surface area contributed by atoms with Gasteiger partial charge < -0.3 is 34.2 Å². The molecular formula is C69H112O16P2. The highest BCUT2D eigenvalue weighted by atomic mass is 31.2. The van der Waals surface area contributed by atoms with Crippen LogP contribution in [0.5, 0.6) is 0 Å². The highest BCUT2D eigenvalue weighted by Crippen LogP contribution is 2.45. The number of phosphoric acid groups is 2. The summed E-state index contributed by atoms with van der Waals surface area (Å²) in [5, 5.41) is 20.5. The number of carbonyl (C=O) groups excluding carboxylic acids is 3. The molecule has 0 aliphatic carbocycles. The Morgan fingerprint density at radius 2 is 0.609 bits per heavy atom. The predicted octanol–water partition coefficient (Wildman–Crippen LogP) is 17.4. The molecule has 0 aromatic heterocycles. The van der Waals surface area contributed by atoms with Crippen LogP contribution >= 0.6 is 15.6 Å². The van der Waals surface area contributed by atoms with Crippen LogP contribution in [0.2, 0.25) is 0 Å². The number of unbranched alkanes of at least 4 members (excludes halogenated alkanes) is 12. The van der Waals surface area contributed by atoms with E-state index >= 15 is 0 Å². The second kappa shape index (κ2) is 61.7. The lowest BCUT2D eigenvalue weighted by molar-refractivity contribution is -0.161. The molecular weight excluding hydrogens is 1150 g/mol. The van der Waals surface area contributed by atoms with Crippen LogP contribution in [0.3, 0.4) is 0 Å². The number of aliphatic hydroxyl groups excluding tert-OH is 2. The summed E-state index contributed by atoms with van der Waals surface area (Å²) < 4.78 is 60.7. The summed E-state index contributed by atoms with van der Waals surface area (Å²) in [6, 6.07) is 0. The number of hydrogen-bond acceptors (Lipinski definition) is 14. The van der Waals surface area contributed by atoms with E-state index in [1.54, 1.807) is 0 Å². The molecule has 0 radical (unpaired) electrons. The summed E-state index contributed by atoms with van der Waals surface area (Å²) in [7, 11) is -9.80. The van der Waals surface area contributed by atoms with E-state index in [-0.39, 0.29) is 19.3 Å². The number of rotatable bonds is 59. The molecule has 494 valence electrons. The van der Waals surface area contributed by atoms with Crippen LogP contribution in [0.15, 0.2) is 146 Å². The lowest BCUT2D eigenvalue weighted by atomic mass is 10.1. The van der Waals surface area contributed by atoms with Crippen LogP contribution in [-0.2, 0) is 55.8 Å². The zero-order valence-electron chi connectivity index (χ0n) is 53.1. The van der Waals surface area contributed by atoms with Crippen molar-refractivity contribution in [3.8, 4) is 0 Å². The van der Waals surface area contributed by atoms with Gasteiger partial charge in [0.1, 0.15) is 25.4 Å². The van der Waals surface area contributed by atoms with E-state index in [4.69, 9.17) is 32.3 Å². The van der Waals surface area contributed by atoms with Crippen molar-refractivity contribution in [2.75, 3.05) is 39.6 Å². The van der Waals surface area contributed by atoms with E-state index < -0.39 is 91.5 Å².